The highest BCUT2D eigenvalue weighted by Gasteiger charge is 2.13. The van der Waals surface area contributed by atoms with E-state index < -0.39 is 0 Å². The van der Waals surface area contributed by atoms with E-state index in [1.54, 1.807) is 0 Å². The van der Waals surface area contributed by atoms with Crippen molar-refractivity contribution in [2.75, 3.05) is 0 Å². The maximum atomic E-state index is 12.0. The topological polar surface area (TPSA) is 67.8 Å². The lowest BCUT2D eigenvalue weighted by Gasteiger charge is -2.02. The van der Waals surface area contributed by atoms with Gasteiger partial charge in [0.05, 0.1) is 23.5 Å². The summed E-state index contributed by atoms with van der Waals surface area (Å²) in [5.41, 5.74) is 2.07. The Bertz CT molecular complexity index is 835. The molecular weight excluding hydrogens is 332 g/mol. The second kappa shape index (κ2) is 6.85. The monoisotopic (exact) mass is 344 g/mol. The van der Waals surface area contributed by atoms with Gasteiger partial charge in [0.15, 0.2) is 0 Å². The SMILES string of the molecule is Cc1nc(-c2ccccc2Cl)sc1CNC(=O)c1cnccn1. The summed E-state index contributed by atoms with van der Waals surface area (Å²) < 4.78 is 0. The molecule has 0 saturated heterocycles. The van der Waals surface area contributed by atoms with Gasteiger partial charge >= 0.3 is 0 Å². The number of nitrogens with one attached hydrogen (secondary N) is 1. The lowest BCUT2D eigenvalue weighted by atomic mass is 10.2. The van der Waals surface area contributed by atoms with Crippen molar-refractivity contribution in [3.63, 3.8) is 0 Å². The van der Waals surface area contributed by atoms with Crippen LogP contribution in [0.15, 0.2) is 42.9 Å². The van der Waals surface area contributed by atoms with Gasteiger partial charge in [-0.2, -0.15) is 0 Å². The van der Waals surface area contributed by atoms with Gasteiger partial charge in [0.1, 0.15) is 10.7 Å². The summed E-state index contributed by atoms with van der Waals surface area (Å²) in [6.07, 6.45) is 4.45. The minimum absolute atomic E-state index is 0.259. The lowest BCUT2D eigenvalue weighted by Crippen LogP contribution is -2.23. The van der Waals surface area contributed by atoms with Gasteiger partial charge < -0.3 is 5.32 Å². The minimum atomic E-state index is -0.259. The Balaban J connectivity index is 1.75. The predicted octanol–water partition coefficient (Wildman–Crippen LogP) is 3.49. The van der Waals surface area contributed by atoms with Crippen LogP contribution in [0.4, 0.5) is 0 Å². The van der Waals surface area contributed by atoms with Crippen molar-refractivity contribution in [2.24, 2.45) is 0 Å². The molecule has 1 N–H and O–H groups in total. The number of thiazole rings is 1. The van der Waals surface area contributed by atoms with Gasteiger partial charge in [0.25, 0.3) is 5.91 Å². The van der Waals surface area contributed by atoms with Gasteiger partial charge in [-0.3, -0.25) is 9.78 Å². The number of carbonyl (C=O) groups is 1. The minimum Gasteiger partial charge on any atom is -0.346 e. The van der Waals surface area contributed by atoms with E-state index in [1.807, 2.05) is 31.2 Å². The summed E-state index contributed by atoms with van der Waals surface area (Å²) in [6.45, 7) is 2.31. The van der Waals surface area contributed by atoms with Crippen molar-refractivity contribution in [2.45, 2.75) is 13.5 Å². The maximum absolute atomic E-state index is 12.0. The molecule has 1 amide bonds. The lowest BCUT2D eigenvalue weighted by molar-refractivity contribution is 0.0946. The van der Waals surface area contributed by atoms with E-state index in [4.69, 9.17) is 11.6 Å². The molecule has 0 radical (unpaired) electrons. The first-order chi connectivity index (χ1) is 11.1. The Labute approximate surface area is 142 Å². The highest BCUT2D eigenvalue weighted by molar-refractivity contribution is 7.15. The molecular formula is C16H13ClN4OS. The molecule has 2 aromatic heterocycles. The number of hydrogen-bond acceptors (Lipinski definition) is 5. The van der Waals surface area contributed by atoms with Crippen LogP contribution in [0.25, 0.3) is 10.6 Å². The molecule has 0 atom stereocenters. The molecule has 3 aromatic rings. The fourth-order valence-electron chi connectivity index (χ4n) is 2.01. The van der Waals surface area contributed by atoms with Gasteiger partial charge in [0.2, 0.25) is 0 Å². The average Bonchev–Trinajstić information content (AvgIpc) is 2.94. The maximum Gasteiger partial charge on any atom is 0.271 e. The Morgan fingerprint density at radius 3 is 2.87 bits per heavy atom. The summed E-state index contributed by atoms with van der Waals surface area (Å²) in [7, 11) is 0. The summed E-state index contributed by atoms with van der Waals surface area (Å²) in [4.78, 5) is 25.4. The largest absolute Gasteiger partial charge is 0.346 e. The molecule has 23 heavy (non-hydrogen) atoms. The van der Waals surface area contributed by atoms with Crippen LogP contribution < -0.4 is 5.32 Å². The van der Waals surface area contributed by atoms with E-state index in [2.05, 4.69) is 20.3 Å². The fraction of sp³-hybridized carbons (Fsp3) is 0.125. The second-order valence-electron chi connectivity index (χ2n) is 4.78. The predicted molar refractivity (Wildman–Crippen MR) is 90.5 cm³/mol. The molecule has 7 heteroatoms. The first-order valence-electron chi connectivity index (χ1n) is 6.90. The summed E-state index contributed by atoms with van der Waals surface area (Å²) in [5, 5.41) is 4.34. The van der Waals surface area contributed by atoms with Crippen LogP contribution in [-0.2, 0) is 6.54 Å². The first kappa shape index (κ1) is 15.6. The summed E-state index contributed by atoms with van der Waals surface area (Å²) in [5.74, 6) is -0.259. The molecule has 0 aliphatic rings. The zero-order valence-corrected chi connectivity index (χ0v) is 13.9. The summed E-state index contributed by atoms with van der Waals surface area (Å²) >= 11 is 7.73. The zero-order chi connectivity index (χ0) is 16.2. The van der Waals surface area contributed by atoms with Crippen molar-refractivity contribution in [1.29, 1.82) is 0 Å². The number of amides is 1. The molecule has 1 aromatic carbocycles. The Hall–Kier alpha value is -2.31. The Morgan fingerprint density at radius 2 is 2.13 bits per heavy atom. The van der Waals surface area contributed by atoms with Crippen molar-refractivity contribution in [3.05, 3.63) is 64.1 Å². The van der Waals surface area contributed by atoms with E-state index in [-0.39, 0.29) is 5.91 Å². The van der Waals surface area contributed by atoms with E-state index in [0.29, 0.717) is 17.3 Å². The van der Waals surface area contributed by atoms with E-state index >= 15 is 0 Å². The third-order valence-electron chi connectivity index (χ3n) is 3.20. The standard InChI is InChI=1S/C16H13ClN4OS/c1-10-14(9-20-15(22)13-8-18-6-7-19-13)23-16(21-10)11-4-2-3-5-12(11)17/h2-8H,9H2,1H3,(H,20,22). The molecule has 0 unspecified atom stereocenters. The molecule has 5 nitrogen and oxygen atoms in total. The Kier molecular flexibility index (Phi) is 4.64. The van der Waals surface area contributed by atoms with Gasteiger partial charge in [-0.15, -0.1) is 11.3 Å². The van der Waals surface area contributed by atoms with Crippen molar-refractivity contribution >= 4 is 28.8 Å². The smallest absolute Gasteiger partial charge is 0.271 e. The Morgan fingerprint density at radius 1 is 1.30 bits per heavy atom. The van der Waals surface area contributed by atoms with Crippen molar-refractivity contribution < 1.29 is 4.79 Å². The number of aryl methyl sites for hydroxylation is 1. The van der Waals surface area contributed by atoms with E-state index in [9.17, 15) is 4.79 Å². The van der Waals surface area contributed by atoms with Gasteiger partial charge in [-0.1, -0.05) is 29.8 Å². The number of benzene rings is 1. The first-order valence-corrected chi connectivity index (χ1v) is 8.10. The van der Waals surface area contributed by atoms with Crippen LogP contribution in [0.2, 0.25) is 5.02 Å². The third-order valence-corrected chi connectivity index (χ3v) is 4.72. The van der Waals surface area contributed by atoms with Crippen LogP contribution in [0.1, 0.15) is 21.1 Å². The highest BCUT2D eigenvalue weighted by atomic mass is 35.5. The van der Waals surface area contributed by atoms with Crippen LogP contribution in [0, 0.1) is 6.92 Å². The molecule has 0 aliphatic carbocycles. The van der Waals surface area contributed by atoms with Gasteiger partial charge in [0, 0.05) is 22.8 Å². The second-order valence-corrected chi connectivity index (χ2v) is 6.27. The van der Waals surface area contributed by atoms with E-state index in [0.717, 1.165) is 21.1 Å². The van der Waals surface area contributed by atoms with Gasteiger partial charge in [-0.25, -0.2) is 9.97 Å². The molecule has 0 spiro atoms. The highest BCUT2D eigenvalue weighted by Crippen LogP contribution is 2.32. The number of carbonyl (C=O) groups excluding carboxylic acids is 1. The quantitative estimate of drug-likeness (QED) is 0.786. The summed E-state index contributed by atoms with van der Waals surface area (Å²) in [6, 6.07) is 7.58. The number of hydrogen-bond donors (Lipinski definition) is 1. The molecule has 0 bridgehead atoms. The van der Waals surface area contributed by atoms with Gasteiger partial charge in [-0.05, 0) is 13.0 Å². The molecule has 0 saturated carbocycles. The number of aromatic nitrogens is 3. The van der Waals surface area contributed by atoms with Crippen LogP contribution >= 0.6 is 22.9 Å². The third kappa shape index (κ3) is 3.55. The van der Waals surface area contributed by atoms with Crippen molar-refractivity contribution in [1.82, 2.24) is 20.3 Å². The van der Waals surface area contributed by atoms with Crippen LogP contribution in [-0.4, -0.2) is 20.9 Å². The zero-order valence-electron chi connectivity index (χ0n) is 12.3. The number of nitrogens with zero attached hydrogens (tertiary/aromatic N) is 3. The van der Waals surface area contributed by atoms with Crippen molar-refractivity contribution in [3.8, 4) is 10.6 Å². The fourth-order valence-corrected chi connectivity index (χ4v) is 3.33. The molecule has 116 valence electrons. The normalized spacial score (nSPS) is 10.5. The number of rotatable bonds is 4. The van der Waals surface area contributed by atoms with Crippen LogP contribution in [0.5, 0.6) is 0 Å². The molecule has 0 fully saturated rings. The molecule has 3 rings (SSSR count). The molecule has 0 aliphatic heterocycles. The average molecular weight is 345 g/mol. The van der Waals surface area contributed by atoms with Crippen LogP contribution in [0.3, 0.4) is 0 Å². The number of halogens is 1. The molecule has 2 heterocycles. The van der Waals surface area contributed by atoms with E-state index in [1.165, 1.54) is 29.9 Å².